The van der Waals surface area contributed by atoms with E-state index in [0.717, 1.165) is 0 Å². The Hall–Kier alpha value is -1.69. The highest BCUT2D eigenvalue weighted by Gasteiger charge is 2.06. The minimum Gasteiger partial charge on any atom is -0.279 e. The van der Waals surface area contributed by atoms with E-state index in [1.165, 1.54) is 17.8 Å². The number of nitrogens with one attached hydrogen (secondary N) is 1. The molecule has 0 fully saturated rings. The van der Waals surface area contributed by atoms with Crippen LogP contribution in [-0.2, 0) is 7.05 Å². The Morgan fingerprint density at radius 1 is 1.50 bits per heavy atom. The summed E-state index contributed by atoms with van der Waals surface area (Å²) in [6.07, 6.45) is 1.25. The second-order valence-corrected chi connectivity index (χ2v) is 3.07. The summed E-state index contributed by atoms with van der Waals surface area (Å²) in [6.45, 7) is 0. The Bertz CT molecular complexity index is 615. The van der Waals surface area contributed by atoms with Gasteiger partial charge in [-0.05, 0) is 0 Å². The molecule has 0 aromatic carbocycles. The first-order chi connectivity index (χ1) is 6.59. The van der Waals surface area contributed by atoms with Crippen molar-refractivity contribution < 1.29 is 0 Å². The van der Waals surface area contributed by atoms with E-state index in [0.29, 0.717) is 0 Å². The molecule has 2 heterocycles. The number of hydrogen-bond acceptors (Lipinski definition) is 4. The van der Waals surface area contributed by atoms with Gasteiger partial charge in [0.25, 0.3) is 5.56 Å². The van der Waals surface area contributed by atoms with Crippen molar-refractivity contribution in [1.82, 2.24) is 19.5 Å². The van der Waals surface area contributed by atoms with Crippen LogP contribution in [0.5, 0.6) is 0 Å². The van der Waals surface area contributed by atoms with Crippen LogP contribution in [0.3, 0.4) is 0 Å². The highest BCUT2D eigenvalue weighted by Crippen LogP contribution is 2.05. The molecule has 6 nitrogen and oxygen atoms in total. The third kappa shape index (κ3) is 1.20. The molecule has 0 aliphatic heterocycles. The van der Waals surface area contributed by atoms with Crippen molar-refractivity contribution >= 4 is 22.8 Å². The second kappa shape index (κ2) is 2.91. The van der Waals surface area contributed by atoms with Gasteiger partial charge in [-0.2, -0.15) is 0 Å². The van der Waals surface area contributed by atoms with E-state index in [1.807, 2.05) is 0 Å². The van der Waals surface area contributed by atoms with Crippen molar-refractivity contribution in [3.8, 4) is 0 Å². The summed E-state index contributed by atoms with van der Waals surface area (Å²) in [5, 5.41) is 0.137. The summed E-state index contributed by atoms with van der Waals surface area (Å²) < 4.78 is 1.18. The number of hydrogen-bond donors (Lipinski definition) is 1. The SMILES string of the molecule is Cn1c(=O)[nH]c(=O)c2ncc(Cl)nc21. The van der Waals surface area contributed by atoms with Crippen LogP contribution < -0.4 is 11.2 Å². The normalized spacial score (nSPS) is 10.7. The number of aryl methyl sites for hydroxylation is 1. The van der Waals surface area contributed by atoms with E-state index in [4.69, 9.17) is 11.6 Å². The van der Waals surface area contributed by atoms with Gasteiger partial charge >= 0.3 is 5.69 Å². The zero-order valence-electron chi connectivity index (χ0n) is 7.11. The number of aromatic nitrogens is 4. The third-order valence-corrected chi connectivity index (χ3v) is 1.96. The van der Waals surface area contributed by atoms with Crippen LogP contribution in [0.15, 0.2) is 15.8 Å². The molecule has 0 bridgehead atoms. The van der Waals surface area contributed by atoms with Gasteiger partial charge in [-0.15, -0.1) is 0 Å². The average Bonchev–Trinajstić information content (AvgIpc) is 2.14. The molecule has 2 rings (SSSR count). The molecular weight excluding hydrogens is 208 g/mol. The average molecular weight is 213 g/mol. The van der Waals surface area contributed by atoms with Gasteiger partial charge in [0.1, 0.15) is 5.15 Å². The van der Waals surface area contributed by atoms with Crippen LogP contribution in [0, 0.1) is 0 Å². The van der Waals surface area contributed by atoms with Gasteiger partial charge in [0.15, 0.2) is 11.2 Å². The molecule has 1 N–H and O–H groups in total. The number of halogens is 1. The number of nitrogens with zero attached hydrogens (tertiary/aromatic N) is 3. The summed E-state index contributed by atoms with van der Waals surface area (Å²) in [5.74, 6) is 0. The molecule has 72 valence electrons. The van der Waals surface area contributed by atoms with E-state index in [-0.39, 0.29) is 16.3 Å². The first-order valence-electron chi connectivity index (χ1n) is 3.71. The third-order valence-electron chi connectivity index (χ3n) is 1.78. The number of H-pyrrole nitrogens is 1. The molecule has 0 atom stereocenters. The molecule has 0 aliphatic carbocycles. The Morgan fingerprint density at radius 2 is 2.21 bits per heavy atom. The minimum atomic E-state index is -0.563. The predicted octanol–water partition coefficient (Wildman–Crippen LogP) is -0.330. The van der Waals surface area contributed by atoms with Crippen molar-refractivity contribution in [2.45, 2.75) is 0 Å². The van der Waals surface area contributed by atoms with E-state index >= 15 is 0 Å². The van der Waals surface area contributed by atoms with Gasteiger partial charge in [-0.3, -0.25) is 14.3 Å². The maximum absolute atomic E-state index is 11.2. The van der Waals surface area contributed by atoms with Gasteiger partial charge < -0.3 is 0 Å². The zero-order chi connectivity index (χ0) is 10.3. The lowest BCUT2D eigenvalue weighted by atomic mass is 10.5. The van der Waals surface area contributed by atoms with Crippen molar-refractivity contribution in [3.63, 3.8) is 0 Å². The van der Waals surface area contributed by atoms with Crippen molar-refractivity contribution in [1.29, 1.82) is 0 Å². The van der Waals surface area contributed by atoms with Gasteiger partial charge in [0, 0.05) is 7.05 Å². The topological polar surface area (TPSA) is 80.6 Å². The fourth-order valence-corrected chi connectivity index (χ4v) is 1.22. The molecule has 0 aliphatic rings. The maximum atomic E-state index is 11.2. The second-order valence-electron chi connectivity index (χ2n) is 2.68. The summed E-state index contributed by atoms with van der Waals surface area (Å²) >= 11 is 5.59. The highest BCUT2D eigenvalue weighted by atomic mass is 35.5. The lowest BCUT2D eigenvalue weighted by Gasteiger charge is -2.00. The summed E-state index contributed by atoms with van der Waals surface area (Å²) in [6, 6.07) is 0. The molecule has 2 aromatic rings. The van der Waals surface area contributed by atoms with Gasteiger partial charge in [0.2, 0.25) is 0 Å². The van der Waals surface area contributed by atoms with Gasteiger partial charge in [-0.1, -0.05) is 11.6 Å². The summed E-state index contributed by atoms with van der Waals surface area (Å²) in [7, 11) is 1.48. The first-order valence-corrected chi connectivity index (χ1v) is 4.09. The molecule has 0 saturated carbocycles. The molecule has 7 heteroatoms. The zero-order valence-corrected chi connectivity index (χ0v) is 7.87. The summed E-state index contributed by atoms with van der Waals surface area (Å²) in [4.78, 5) is 32.1. The van der Waals surface area contributed by atoms with E-state index < -0.39 is 11.2 Å². The largest absolute Gasteiger partial charge is 0.329 e. The predicted molar refractivity (Wildman–Crippen MR) is 50.4 cm³/mol. The highest BCUT2D eigenvalue weighted by molar-refractivity contribution is 6.29. The monoisotopic (exact) mass is 212 g/mol. The van der Waals surface area contributed by atoms with Crippen molar-refractivity contribution in [2.75, 3.05) is 0 Å². The number of aromatic amines is 1. The van der Waals surface area contributed by atoms with Crippen LogP contribution >= 0.6 is 11.6 Å². The smallest absolute Gasteiger partial charge is 0.279 e. The Morgan fingerprint density at radius 3 is 2.93 bits per heavy atom. The maximum Gasteiger partial charge on any atom is 0.329 e. The summed E-state index contributed by atoms with van der Waals surface area (Å²) in [5.41, 5.74) is -0.839. The quantitative estimate of drug-likeness (QED) is 0.649. The Kier molecular flexibility index (Phi) is 1.85. The molecular formula is C7H5ClN4O2. The molecule has 0 unspecified atom stereocenters. The van der Waals surface area contributed by atoms with Crippen LogP contribution in [-0.4, -0.2) is 19.5 Å². The number of fused-ring (bicyclic) bond motifs is 1. The van der Waals surface area contributed by atoms with Crippen LogP contribution in [0.4, 0.5) is 0 Å². The molecule has 2 aromatic heterocycles. The van der Waals surface area contributed by atoms with Crippen LogP contribution in [0.1, 0.15) is 0 Å². The first kappa shape index (κ1) is 8.89. The molecule has 0 spiro atoms. The fraction of sp³-hybridized carbons (Fsp3) is 0.143. The molecule has 0 radical (unpaired) electrons. The molecule has 14 heavy (non-hydrogen) atoms. The van der Waals surface area contributed by atoms with Crippen molar-refractivity contribution in [3.05, 3.63) is 32.2 Å². The van der Waals surface area contributed by atoms with E-state index in [1.54, 1.807) is 0 Å². The Labute approximate surface area is 82.2 Å². The Balaban J connectivity index is 3.11. The van der Waals surface area contributed by atoms with Crippen molar-refractivity contribution in [2.24, 2.45) is 7.05 Å². The lowest BCUT2D eigenvalue weighted by molar-refractivity contribution is 0.824. The minimum absolute atomic E-state index is 0.0940. The van der Waals surface area contributed by atoms with Crippen LogP contribution in [0.2, 0.25) is 5.15 Å². The fourth-order valence-electron chi connectivity index (χ4n) is 1.09. The molecule has 0 saturated heterocycles. The van der Waals surface area contributed by atoms with E-state index in [2.05, 4.69) is 15.0 Å². The standard InChI is InChI=1S/C7H5ClN4O2/c1-12-5-4(6(13)11-7(12)14)9-2-3(8)10-5/h2H,1H3,(H,11,13,14). The van der Waals surface area contributed by atoms with Crippen LogP contribution in [0.25, 0.3) is 11.2 Å². The van der Waals surface area contributed by atoms with Gasteiger partial charge in [0.05, 0.1) is 6.20 Å². The van der Waals surface area contributed by atoms with Gasteiger partial charge in [-0.25, -0.2) is 14.8 Å². The lowest BCUT2D eigenvalue weighted by Crippen LogP contribution is -2.29. The molecule has 0 amide bonds. The number of rotatable bonds is 0. The van der Waals surface area contributed by atoms with E-state index in [9.17, 15) is 9.59 Å².